The van der Waals surface area contributed by atoms with Gasteiger partial charge in [-0.1, -0.05) is 170 Å². The van der Waals surface area contributed by atoms with Crippen LogP contribution in [0.3, 0.4) is 0 Å². The number of hydrogen-bond acceptors (Lipinski definition) is 1. The predicted molar refractivity (Wildman–Crippen MR) is 266 cm³/mol. The van der Waals surface area contributed by atoms with Crippen LogP contribution in [-0.4, -0.2) is 9.13 Å². The molecule has 2 aliphatic rings. The summed E-state index contributed by atoms with van der Waals surface area (Å²) in [5.41, 5.74) is 20.3. The van der Waals surface area contributed by atoms with Crippen LogP contribution in [0.2, 0.25) is 0 Å². The summed E-state index contributed by atoms with van der Waals surface area (Å²) in [5.74, 6) is 0. The van der Waals surface area contributed by atoms with Gasteiger partial charge < -0.3 is 14.0 Å². The van der Waals surface area contributed by atoms with E-state index in [1.165, 1.54) is 77.1 Å². The summed E-state index contributed by atoms with van der Waals surface area (Å²) in [6, 6.07) is 87.6. The second kappa shape index (κ2) is 13.3. The zero-order valence-electron chi connectivity index (χ0n) is 34.9. The second-order valence-corrected chi connectivity index (χ2v) is 17.2. The first-order valence-corrected chi connectivity index (χ1v) is 22.2. The lowest BCUT2D eigenvalue weighted by Gasteiger charge is -2.32. The summed E-state index contributed by atoms with van der Waals surface area (Å²) in [6.45, 7) is 0. The van der Waals surface area contributed by atoms with Gasteiger partial charge in [-0.05, 0) is 106 Å². The van der Waals surface area contributed by atoms with Gasteiger partial charge in [-0.25, -0.2) is 0 Å². The molecule has 0 unspecified atom stereocenters. The van der Waals surface area contributed by atoms with E-state index in [0.29, 0.717) is 0 Å². The number of nitrogens with zero attached hydrogens (tertiary/aromatic N) is 3. The fourth-order valence-electron chi connectivity index (χ4n) is 11.6. The van der Waals surface area contributed by atoms with Crippen molar-refractivity contribution in [2.24, 2.45) is 0 Å². The monoisotopic (exact) mass is 813 g/mol. The standard InChI is InChI=1S/C61H39N3/c1-3-18-40(19-4-1)63-55-31-15-10-24-46(55)48-36-34-42(38-58(48)63)62(43-35-37-49-47-25-11-16-32-56(47)64(59(49)39-43)41-20-5-2-6-21-41)57-33-17-30-54-60(57)50-26-9-14-29-53(50)61(54)51-27-12-7-22-44(51)45-23-8-13-28-52(45)61/h1-39H. The van der Waals surface area contributed by atoms with E-state index in [0.717, 1.165) is 39.5 Å². The highest BCUT2D eigenvalue weighted by Crippen LogP contribution is 2.64. The van der Waals surface area contributed by atoms with E-state index in [2.05, 4.69) is 251 Å². The van der Waals surface area contributed by atoms with Crippen molar-refractivity contribution >= 4 is 60.7 Å². The zero-order chi connectivity index (χ0) is 41.9. The van der Waals surface area contributed by atoms with Crippen LogP contribution in [0.5, 0.6) is 0 Å². The molecule has 2 aromatic heterocycles. The Morgan fingerprint density at radius 1 is 0.297 bits per heavy atom. The molecule has 14 rings (SSSR count). The fourth-order valence-corrected chi connectivity index (χ4v) is 11.6. The Hall–Kier alpha value is -8.40. The third-order valence-corrected chi connectivity index (χ3v) is 14.1. The first-order chi connectivity index (χ1) is 31.8. The van der Waals surface area contributed by atoms with Crippen molar-refractivity contribution in [1.82, 2.24) is 9.13 Å². The molecule has 12 aromatic rings. The van der Waals surface area contributed by atoms with Crippen LogP contribution >= 0.6 is 0 Å². The van der Waals surface area contributed by atoms with E-state index in [9.17, 15) is 0 Å². The Balaban J connectivity index is 1.10. The smallest absolute Gasteiger partial charge is 0.0726 e. The molecule has 2 heterocycles. The summed E-state index contributed by atoms with van der Waals surface area (Å²) in [5, 5.41) is 4.93. The third kappa shape index (κ3) is 4.65. The van der Waals surface area contributed by atoms with Gasteiger partial charge in [0.2, 0.25) is 0 Å². The number of anilines is 3. The van der Waals surface area contributed by atoms with Gasteiger partial charge in [0.15, 0.2) is 0 Å². The zero-order valence-corrected chi connectivity index (χ0v) is 34.9. The number of para-hydroxylation sites is 4. The van der Waals surface area contributed by atoms with Crippen molar-refractivity contribution in [3.8, 4) is 33.6 Å². The van der Waals surface area contributed by atoms with Crippen LogP contribution in [0.4, 0.5) is 17.1 Å². The number of aromatic nitrogens is 2. The number of benzene rings is 10. The molecule has 0 aliphatic heterocycles. The molecule has 0 fully saturated rings. The molecule has 64 heavy (non-hydrogen) atoms. The van der Waals surface area contributed by atoms with Gasteiger partial charge in [0.1, 0.15) is 0 Å². The molecule has 3 heteroatoms. The van der Waals surface area contributed by atoms with Crippen LogP contribution < -0.4 is 4.90 Å². The lowest BCUT2D eigenvalue weighted by molar-refractivity contribution is 0.794. The maximum absolute atomic E-state index is 2.53. The maximum Gasteiger partial charge on any atom is 0.0726 e. The summed E-state index contributed by atoms with van der Waals surface area (Å²) in [6.07, 6.45) is 0. The van der Waals surface area contributed by atoms with Crippen molar-refractivity contribution < 1.29 is 0 Å². The molecule has 0 saturated carbocycles. The SMILES string of the molecule is c1ccc(-n2c3ccccc3c3ccc(N(c4ccc5c6ccccc6n(-c6ccccc6)c5c4)c4cccc5c4-c4ccccc4C54c5ccccc5-c5ccccc54)cc32)cc1. The molecule has 0 saturated heterocycles. The van der Waals surface area contributed by atoms with E-state index in [-0.39, 0.29) is 0 Å². The molecule has 0 radical (unpaired) electrons. The predicted octanol–water partition coefficient (Wildman–Crippen LogP) is 15.7. The fraction of sp³-hybridized carbons (Fsp3) is 0.0164. The summed E-state index contributed by atoms with van der Waals surface area (Å²) in [7, 11) is 0. The molecular formula is C61H39N3. The largest absolute Gasteiger partial charge is 0.310 e. The van der Waals surface area contributed by atoms with Gasteiger partial charge in [0, 0.05) is 49.9 Å². The lowest BCUT2D eigenvalue weighted by Crippen LogP contribution is -2.26. The van der Waals surface area contributed by atoms with Gasteiger partial charge >= 0.3 is 0 Å². The third-order valence-electron chi connectivity index (χ3n) is 14.1. The van der Waals surface area contributed by atoms with Gasteiger partial charge in [0.25, 0.3) is 0 Å². The Morgan fingerprint density at radius 3 is 1.23 bits per heavy atom. The topological polar surface area (TPSA) is 13.1 Å². The quantitative estimate of drug-likeness (QED) is 0.169. The summed E-state index contributed by atoms with van der Waals surface area (Å²) in [4.78, 5) is 2.53. The Labute approximate surface area is 371 Å². The molecular weight excluding hydrogens is 775 g/mol. The minimum Gasteiger partial charge on any atom is -0.310 e. The first-order valence-electron chi connectivity index (χ1n) is 22.2. The van der Waals surface area contributed by atoms with E-state index in [1.807, 2.05) is 0 Å². The highest BCUT2D eigenvalue weighted by Gasteiger charge is 2.52. The minimum absolute atomic E-state index is 0.464. The molecule has 0 bridgehead atoms. The normalized spacial score (nSPS) is 13.1. The first kappa shape index (κ1) is 35.2. The Bertz CT molecular complexity index is 3650. The molecule has 10 aromatic carbocycles. The average Bonchev–Trinajstić information content (AvgIpc) is 4.07. The van der Waals surface area contributed by atoms with Gasteiger partial charge in [-0.3, -0.25) is 0 Å². The van der Waals surface area contributed by atoms with Crippen molar-refractivity contribution in [3.63, 3.8) is 0 Å². The van der Waals surface area contributed by atoms with Crippen LogP contribution in [0.1, 0.15) is 22.3 Å². The van der Waals surface area contributed by atoms with Crippen LogP contribution in [0, 0.1) is 0 Å². The van der Waals surface area contributed by atoms with Crippen molar-refractivity contribution in [2.75, 3.05) is 4.90 Å². The minimum atomic E-state index is -0.464. The van der Waals surface area contributed by atoms with Crippen molar-refractivity contribution in [2.45, 2.75) is 5.41 Å². The summed E-state index contributed by atoms with van der Waals surface area (Å²) >= 11 is 0. The Morgan fingerprint density at radius 2 is 0.703 bits per heavy atom. The molecule has 0 amide bonds. The highest BCUT2D eigenvalue weighted by molar-refractivity contribution is 6.13. The van der Waals surface area contributed by atoms with Gasteiger partial charge in [0.05, 0.1) is 33.2 Å². The average molecular weight is 814 g/mol. The lowest BCUT2D eigenvalue weighted by atomic mass is 9.70. The number of rotatable bonds is 5. The molecule has 298 valence electrons. The Kier molecular flexibility index (Phi) is 7.32. The molecule has 0 N–H and O–H groups in total. The van der Waals surface area contributed by atoms with Gasteiger partial charge in [-0.2, -0.15) is 0 Å². The van der Waals surface area contributed by atoms with Crippen molar-refractivity contribution in [3.05, 3.63) is 259 Å². The van der Waals surface area contributed by atoms with Gasteiger partial charge in [-0.15, -0.1) is 0 Å². The van der Waals surface area contributed by atoms with Crippen LogP contribution in [0.15, 0.2) is 237 Å². The molecule has 0 atom stereocenters. The van der Waals surface area contributed by atoms with E-state index in [4.69, 9.17) is 0 Å². The van der Waals surface area contributed by atoms with Crippen LogP contribution in [-0.2, 0) is 5.41 Å². The number of fused-ring (bicyclic) bond motifs is 16. The molecule has 2 aliphatic carbocycles. The number of hydrogen-bond donors (Lipinski definition) is 0. The molecule has 1 spiro atoms. The van der Waals surface area contributed by atoms with Crippen LogP contribution in [0.25, 0.3) is 77.2 Å². The summed E-state index contributed by atoms with van der Waals surface area (Å²) < 4.78 is 4.85. The van der Waals surface area contributed by atoms with Crippen molar-refractivity contribution in [1.29, 1.82) is 0 Å². The highest BCUT2D eigenvalue weighted by atomic mass is 15.2. The van der Waals surface area contributed by atoms with E-state index < -0.39 is 5.41 Å². The van der Waals surface area contributed by atoms with E-state index >= 15 is 0 Å². The van der Waals surface area contributed by atoms with E-state index in [1.54, 1.807) is 0 Å². The maximum atomic E-state index is 2.53. The molecule has 3 nitrogen and oxygen atoms in total. The second-order valence-electron chi connectivity index (χ2n) is 17.2.